The molecule has 0 bridgehead atoms. The number of rotatable bonds is 8. The Labute approximate surface area is 287 Å². The highest BCUT2D eigenvalue weighted by atomic mass is 16.5. The number of benzene rings is 2. The largest absolute Gasteiger partial charge is 0.463 e. The first-order chi connectivity index (χ1) is 23.8. The number of allylic oxidation sites excluding steroid dienone is 1. The molecule has 2 saturated heterocycles. The smallest absolute Gasteiger partial charge is 0.306 e. The van der Waals surface area contributed by atoms with Crippen LogP contribution in [0.4, 0.5) is 11.4 Å². The Kier molecular flexibility index (Phi) is 10.2. The maximum atomic E-state index is 14.8. The molecule has 0 saturated carbocycles. The number of cyclic esters (lactones) is 1. The van der Waals surface area contributed by atoms with E-state index in [-0.39, 0.29) is 38.1 Å². The highest BCUT2D eigenvalue weighted by Gasteiger charge is 2.72. The van der Waals surface area contributed by atoms with E-state index in [0.717, 1.165) is 24.3 Å². The first-order valence-electron chi connectivity index (χ1n) is 17.4. The normalized spacial score (nSPS) is 29.8. The summed E-state index contributed by atoms with van der Waals surface area (Å²) in [6.07, 6.45) is 7.19. The number of esters is 1. The fourth-order valence-corrected chi connectivity index (χ4v) is 7.85. The minimum Gasteiger partial charge on any atom is -0.463 e. The molecule has 2 aromatic carbocycles. The highest BCUT2D eigenvalue weighted by molar-refractivity contribution is 6.06. The second-order valence-corrected chi connectivity index (χ2v) is 13.0. The summed E-state index contributed by atoms with van der Waals surface area (Å²) in [4.78, 5) is 61.8. The summed E-state index contributed by atoms with van der Waals surface area (Å²) < 4.78 is 12.4. The Bertz CT molecular complexity index is 1590. The number of carbonyl (C=O) groups excluding carboxylic acids is 4. The minimum atomic E-state index is -1.47. The number of anilines is 2. The van der Waals surface area contributed by atoms with Gasteiger partial charge in [0.1, 0.15) is 18.2 Å². The third-order valence-corrected chi connectivity index (χ3v) is 10.4. The van der Waals surface area contributed by atoms with Gasteiger partial charge in [-0.2, -0.15) is 0 Å². The van der Waals surface area contributed by atoms with Crippen LogP contribution in [0.3, 0.4) is 0 Å². The summed E-state index contributed by atoms with van der Waals surface area (Å²) in [5.41, 5.74) is 0.989. The maximum Gasteiger partial charge on any atom is 0.306 e. The Morgan fingerprint density at radius 2 is 1.71 bits per heavy atom. The lowest BCUT2D eigenvalue weighted by atomic mass is 9.77. The zero-order chi connectivity index (χ0) is 34.7. The molecular formula is C38H46N4O7. The summed E-state index contributed by atoms with van der Waals surface area (Å²) >= 11 is 0. The van der Waals surface area contributed by atoms with E-state index in [0.29, 0.717) is 18.5 Å². The van der Waals surface area contributed by atoms with Gasteiger partial charge in [0.05, 0.1) is 36.6 Å². The number of ether oxygens (including phenoxy) is 2. The number of carbonyl (C=O) groups is 4. The summed E-state index contributed by atoms with van der Waals surface area (Å²) in [5, 5.41) is 13.5. The monoisotopic (exact) mass is 670 g/mol. The van der Waals surface area contributed by atoms with Crippen molar-refractivity contribution >= 4 is 35.1 Å². The molecule has 6 rings (SSSR count). The molecule has 0 unspecified atom stereocenters. The fourth-order valence-electron chi connectivity index (χ4n) is 7.85. The SMILES string of the molecule is CC[C@@H](CO)N1C(=O)[C@@H]2[C@H]3C(=O)N[C@H](c4ccccc4)COC(=O)CC/C=C\[C@H]3O[C@@]23C=CCN(c2ccc(N(CC)CC)cc2)C(=O)[C@@H]13. The molecule has 7 atom stereocenters. The van der Waals surface area contributed by atoms with Crippen LogP contribution in [0.2, 0.25) is 0 Å². The van der Waals surface area contributed by atoms with E-state index in [4.69, 9.17) is 9.47 Å². The zero-order valence-electron chi connectivity index (χ0n) is 28.4. The first-order valence-corrected chi connectivity index (χ1v) is 17.4. The van der Waals surface area contributed by atoms with Crippen molar-refractivity contribution in [3.63, 3.8) is 0 Å². The minimum absolute atomic E-state index is 0.0715. The van der Waals surface area contributed by atoms with Crippen molar-refractivity contribution in [3.8, 4) is 0 Å². The maximum absolute atomic E-state index is 14.8. The molecule has 11 heteroatoms. The standard InChI is InChI=1S/C38H46N4O7/c1-4-26(23-43)42-34-37(47)41(28-19-17-27(18-20-28)40(5-2)6-3)22-12-21-38(34)33(36(42)46)32-30(49-38)15-10-11-16-31(44)48-24-29(39-35(32)45)25-13-8-7-9-14-25/h7-10,12-15,17-21,26,29-30,32-34,43H,4-6,11,16,22-24H2,1-3H3,(H,39,45)/b15-10-/t26-,29-,30+,32-,33-,34+,38-/m0/s1. The van der Waals surface area contributed by atoms with Gasteiger partial charge in [-0.1, -0.05) is 61.6 Å². The van der Waals surface area contributed by atoms with Gasteiger partial charge in [0.15, 0.2) is 0 Å². The van der Waals surface area contributed by atoms with Gasteiger partial charge in [-0.3, -0.25) is 19.2 Å². The molecule has 260 valence electrons. The predicted octanol–water partition coefficient (Wildman–Crippen LogP) is 3.54. The lowest BCUT2D eigenvalue weighted by Gasteiger charge is -2.38. The number of fused-ring (bicyclic) bond motifs is 2. The molecule has 4 heterocycles. The van der Waals surface area contributed by atoms with Gasteiger partial charge in [0, 0.05) is 37.4 Å². The van der Waals surface area contributed by atoms with Crippen molar-refractivity contribution in [1.82, 2.24) is 10.2 Å². The van der Waals surface area contributed by atoms with Crippen LogP contribution in [-0.2, 0) is 28.7 Å². The summed E-state index contributed by atoms with van der Waals surface area (Å²) in [5.74, 6) is -3.62. The molecule has 0 radical (unpaired) electrons. The van der Waals surface area contributed by atoms with Crippen LogP contribution in [0.15, 0.2) is 78.9 Å². The number of hydrogen-bond donors (Lipinski definition) is 2. The molecule has 2 fully saturated rings. The molecule has 4 aliphatic rings. The molecule has 4 aliphatic heterocycles. The molecule has 2 aromatic rings. The molecule has 49 heavy (non-hydrogen) atoms. The van der Waals surface area contributed by atoms with Crippen molar-refractivity contribution in [3.05, 3.63) is 84.5 Å². The van der Waals surface area contributed by atoms with Crippen molar-refractivity contribution in [2.45, 2.75) is 69.9 Å². The Morgan fingerprint density at radius 3 is 2.39 bits per heavy atom. The Balaban J connectivity index is 1.42. The number of aliphatic hydroxyl groups excluding tert-OH is 1. The number of amides is 3. The van der Waals surface area contributed by atoms with E-state index in [9.17, 15) is 24.3 Å². The van der Waals surface area contributed by atoms with Gasteiger partial charge in [-0.15, -0.1) is 0 Å². The van der Waals surface area contributed by atoms with Gasteiger partial charge >= 0.3 is 5.97 Å². The molecular weight excluding hydrogens is 624 g/mol. The zero-order valence-corrected chi connectivity index (χ0v) is 28.4. The van der Waals surface area contributed by atoms with Crippen molar-refractivity contribution in [2.75, 3.05) is 42.6 Å². The van der Waals surface area contributed by atoms with Gasteiger partial charge in [-0.05, 0) is 56.5 Å². The predicted molar refractivity (Wildman–Crippen MR) is 185 cm³/mol. The van der Waals surface area contributed by atoms with Crippen LogP contribution in [-0.4, -0.2) is 90.3 Å². The average Bonchev–Trinajstić information content (AvgIpc) is 3.51. The van der Waals surface area contributed by atoms with E-state index in [2.05, 4.69) is 24.1 Å². The van der Waals surface area contributed by atoms with Crippen molar-refractivity contribution in [1.29, 1.82) is 0 Å². The van der Waals surface area contributed by atoms with Crippen LogP contribution < -0.4 is 15.1 Å². The molecule has 0 aromatic heterocycles. The van der Waals surface area contributed by atoms with Gasteiger partial charge in [-0.25, -0.2) is 0 Å². The van der Waals surface area contributed by atoms with Crippen LogP contribution in [0.5, 0.6) is 0 Å². The summed E-state index contributed by atoms with van der Waals surface area (Å²) in [6, 6.07) is 14.6. The molecule has 2 N–H and O–H groups in total. The fraction of sp³-hybridized carbons (Fsp3) is 0.474. The number of nitrogens with one attached hydrogen (secondary N) is 1. The van der Waals surface area contributed by atoms with Crippen LogP contribution >= 0.6 is 0 Å². The van der Waals surface area contributed by atoms with E-state index in [1.54, 1.807) is 23.1 Å². The third kappa shape index (κ3) is 6.25. The van der Waals surface area contributed by atoms with Crippen molar-refractivity contribution < 1.29 is 33.8 Å². The molecule has 1 spiro atoms. The molecule has 0 aliphatic carbocycles. The van der Waals surface area contributed by atoms with E-state index < -0.39 is 53.5 Å². The first kappa shape index (κ1) is 34.4. The Morgan fingerprint density at radius 1 is 0.980 bits per heavy atom. The van der Waals surface area contributed by atoms with Crippen molar-refractivity contribution in [2.24, 2.45) is 11.8 Å². The summed E-state index contributed by atoms with van der Waals surface area (Å²) in [6.45, 7) is 7.55. The number of aliphatic hydroxyl groups is 1. The molecule has 3 amide bonds. The molecule has 11 nitrogen and oxygen atoms in total. The van der Waals surface area contributed by atoms with E-state index >= 15 is 0 Å². The van der Waals surface area contributed by atoms with Crippen LogP contribution in [0, 0.1) is 11.8 Å². The average molecular weight is 671 g/mol. The highest BCUT2D eigenvalue weighted by Crippen LogP contribution is 2.53. The Hall–Kier alpha value is -4.48. The lowest BCUT2D eigenvalue weighted by molar-refractivity contribution is -0.146. The number of likely N-dealkylation sites (tertiary alicyclic amines) is 1. The lowest BCUT2D eigenvalue weighted by Crippen LogP contribution is -2.58. The summed E-state index contributed by atoms with van der Waals surface area (Å²) in [7, 11) is 0. The van der Waals surface area contributed by atoms with E-state index in [1.165, 1.54) is 4.90 Å². The number of hydrogen-bond acceptors (Lipinski definition) is 8. The van der Waals surface area contributed by atoms with Crippen LogP contribution in [0.1, 0.15) is 51.6 Å². The second-order valence-electron chi connectivity index (χ2n) is 13.0. The second kappa shape index (κ2) is 14.6. The van der Waals surface area contributed by atoms with Gasteiger partial charge in [0.25, 0.3) is 5.91 Å². The topological polar surface area (TPSA) is 129 Å². The number of nitrogens with zero attached hydrogens (tertiary/aromatic N) is 3. The third-order valence-electron chi connectivity index (χ3n) is 10.4. The van der Waals surface area contributed by atoms with Gasteiger partial charge in [0.2, 0.25) is 11.8 Å². The van der Waals surface area contributed by atoms with E-state index in [1.807, 2.05) is 67.6 Å². The van der Waals surface area contributed by atoms with Crippen LogP contribution in [0.25, 0.3) is 0 Å². The van der Waals surface area contributed by atoms with Gasteiger partial charge < -0.3 is 34.6 Å². The quantitative estimate of drug-likeness (QED) is 0.323.